The van der Waals surface area contributed by atoms with Gasteiger partial charge in [0.2, 0.25) is 0 Å². The summed E-state index contributed by atoms with van der Waals surface area (Å²) in [6.07, 6.45) is 0. The molecule has 0 bridgehead atoms. The lowest BCUT2D eigenvalue weighted by Gasteiger charge is -2.16. The van der Waals surface area contributed by atoms with Crippen molar-refractivity contribution in [3.8, 4) is 0 Å². The number of alkyl halides is 1. The molecule has 1 heterocycles. The second-order valence-corrected chi connectivity index (χ2v) is 4.80. The number of nitrogens with zero attached hydrogens (tertiary/aromatic N) is 2. The van der Waals surface area contributed by atoms with Crippen LogP contribution in [-0.4, -0.2) is 22.8 Å². The molecule has 0 saturated carbocycles. The van der Waals surface area contributed by atoms with Crippen molar-refractivity contribution in [2.24, 2.45) is 0 Å². The molecule has 2 aromatic rings. The van der Waals surface area contributed by atoms with Gasteiger partial charge in [-0.05, 0) is 38.5 Å². The molecule has 98 valence electrons. The second kappa shape index (κ2) is 5.72. The van der Waals surface area contributed by atoms with Gasteiger partial charge in [0.1, 0.15) is 5.82 Å². The maximum atomic E-state index is 6.00. The number of rotatable bonds is 5. The molecule has 0 saturated heterocycles. The summed E-state index contributed by atoms with van der Waals surface area (Å²) >= 11 is 6.00. The zero-order chi connectivity index (χ0) is 13.1. The average molecular weight is 267 g/mol. The van der Waals surface area contributed by atoms with Crippen molar-refractivity contribution >= 4 is 22.6 Å². The predicted octanol–water partition coefficient (Wildman–Crippen LogP) is 3.68. The van der Waals surface area contributed by atoms with Crippen molar-refractivity contribution in [1.29, 1.82) is 0 Å². The summed E-state index contributed by atoms with van der Waals surface area (Å²) < 4.78 is 7.68. The van der Waals surface area contributed by atoms with Gasteiger partial charge in [-0.15, -0.1) is 11.6 Å². The van der Waals surface area contributed by atoms with Crippen LogP contribution in [0.2, 0.25) is 0 Å². The van der Waals surface area contributed by atoms with Crippen LogP contribution in [0.5, 0.6) is 0 Å². The normalized spacial score (nSPS) is 13.1. The highest BCUT2D eigenvalue weighted by Gasteiger charge is 2.15. The van der Waals surface area contributed by atoms with E-state index in [0.29, 0.717) is 12.5 Å². The number of aromatic nitrogens is 2. The Labute approximate surface area is 113 Å². The number of benzene rings is 1. The van der Waals surface area contributed by atoms with Crippen molar-refractivity contribution in [3.63, 3.8) is 0 Å². The molecule has 0 radical (unpaired) electrons. The fourth-order valence-corrected chi connectivity index (χ4v) is 2.40. The molecule has 0 fully saturated rings. The molecule has 0 amide bonds. The third-order valence-electron chi connectivity index (χ3n) is 3.04. The van der Waals surface area contributed by atoms with E-state index in [1.165, 1.54) is 5.56 Å². The van der Waals surface area contributed by atoms with E-state index in [2.05, 4.69) is 41.6 Å². The quantitative estimate of drug-likeness (QED) is 0.772. The standard InChI is InChI=1S/C14H19ClN2O/c1-4-18-9-11(3)17-13-6-5-10(2)7-12(13)16-14(17)8-15/h5-7,11H,4,8-9H2,1-3H3. The van der Waals surface area contributed by atoms with Crippen LogP contribution < -0.4 is 0 Å². The van der Waals surface area contributed by atoms with Crippen molar-refractivity contribution in [2.75, 3.05) is 13.2 Å². The van der Waals surface area contributed by atoms with Crippen molar-refractivity contribution in [3.05, 3.63) is 29.6 Å². The summed E-state index contributed by atoms with van der Waals surface area (Å²) in [6, 6.07) is 6.54. The van der Waals surface area contributed by atoms with E-state index in [1.807, 2.05) is 6.92 Å². The van der Waals surface area contributed by atoms with Gasteiger partial charge in [0, 0.05) is 6.61 Å². The van der Waals surface area contributed by atoms with Crippen LogP contribution in [0.4, 0.5) is 0 Å². The Bertz CT molecular complexity index is 536. The maximum absolute atomic E-state index is 6.00. The Morgan fingerprint density at radius 3 is 2.89 bits per heavy atom. The smallest absolute Gasteiger partial charge is 0.125 e. The molecule has 1 aromatic heterocycles. The number of aryl methyl sites for hydroxylation is 1. The Morgan fingerprint density at radius 1 is 1.44 bits per heavy atom. The van der Waals surface area contributed by atoms with Crippen LogP contribution in [0.1, 0.15) is 31.3 Å². The SMILES string of the molecule is CCOCC(C)n1c(CCl)nc2cc(C)ccc21. The number of hydrogen-bond acceptors (Lipinski definition) is 2. The largest absolute Gasteiger partial charge is 0.380 e. The minimum absolute atomic E-state index is 0.242. The van der Waals surface area contributed by atoms with Crippen molar-refractivity contribution in [2.45, 2.75) is 32.7 Å². The van der Waals surface area contributed by atoms with E-state index in [1.54, 1.807) is 0 Å². The molecule has 3 nitrogen and oxygen atoms in total. The van der Waals surface area contributed by atoms with Crippen LogP contribution >= 0.6 is 11.6 Å². The molecule has 0 aliphatic heterocycles. The average Bonchev–Trinajstić information content (AvgIpc) is 2.73. The summed E-state index contributed by atoms with van der Waals surface area (Å²) in [7, 11) is 0. The van der Waals surface area contributed by atoms with Crippen molar-refractivity contribution in [1.82, 2.24) is 9.55 Å². The molecule has 0 aliphatic carbocycles. The molecule has 1 aromatic carbocycles. The summed E-state index contributed by atoms with van der Waals surface area (Å²) in [5.74, 6) is 1.33. The minimum atomic E-state index is 0.242. The highest BCUT2D eigenvalue weighted by atomic mass is 35.5. The first kappa shape index (κ1) is 13.4. The molecule has 0 spiro atoms. The molecule has 1 atom stereocenters. The molecule has 18 heavy (non-hydrogen) atoms. The van der Waals surface area contributed by atoms with Gasteiger partial charge < -0.3 is 9.30 Å². The number of fused-ring (bicyclic) bond motifs is 1. The first-order chi connectivity index (χ1) is 8.67. The second-order valence-electron chi connectivity index (χ2n) is 4.53. The summed E-state index contributed by atoms with van der Waals surface area (Å²) in [4.78, 5) is 4.60. The van der Waals surface area contributed by atoms with Gasteiger partial charge >= 0.3 is 0 Å². The first-order valence-electron chi connectivity index (χ1n) is 6.28. The number of halogens is 1. The third kappa shape index (κ3) is 2.52. The summed E-state index contributed by atoms with van der Waals surface area (Å²) in [5.41, 5.74) is 3.35. The summed E-state index contributed by atoms with van der Waals surface area (Å²) in [5, 5.41) is 0. The maximum Gasteiger partial charge on any atom is 0.125 e. The number of ether oxygens (including phenoxy) is 1. The Kier molecular flexibility index (Phi) is 4.25. The van der Waals surface area contributed by atoms with E-state index in [4.69, 9.17) is 16.3 Å². The number of imidazole rings is 1. The zero-order valence-electron chi connectivity index (χ0n) is 11.1. The van der Waals surface area contributed by atoms with E-state index in [-0.39, 0.29) is 6.04 Å². The summed E-state index contributed by atoms with van der Waals surface area (Å²) in [6.45, 7) is 7.62. The zero-order valence-corrected chi connectivity index (χ0v) is 11.9. The van der Waals surface area contributed by atoms with Crippen LogP contribution in [0, 0.1) is 6.92 Å². The molecule has 4 heteroatoms. The Morgan fingerprint density at radius 2 is 2.22 bits per heavy atom. The lowest BCUT2D eigenvalue weighted by molar-refractivity contribution is 0.119. The van der Waals surface area contributed by atoms with E-state index >= 15 is 0 Å². The van der Waals surface area contributed by atoms with Gasteiger partial charge in [0.05, 0.1) is 29.6 Å². The molecule has 0 aliphatic rings. The van der Waals surface area contributed by atoms with Crippen LogP contribution in [-0.2, 0) is 10.6 Å². The first-order valence-corrected chi connectivity index (χ1v) is 6.82. The lowest BCUT2D eigenvalue weighted by Crippen LogP contribution is -2.14. The van der Waals surface area contributed by atoms with Gasteiger partial charge in [-0.25, -0.2) is 4.98 Å². The van der Waals surface area contributed by atoms with Gasteiger partial charge in [0.15, 0.2) is 0 Å². The molecular weight excluding hydrogens is 248 g/mol. The third-order valence-corrected chi connectivity index (χ3v) is 3.28. The van der Waals surface area contributed by atoms with E-state index in [0.717, 1.165) is 23.5 Å². The number of hydrogen-bond donors (Lipinski definition) is 0. The molecule has 0 N–H and O–H groups in total. The Hall–Kier alpha value is -1.06. The topological polar surface area (TPSA) is 27.1 Å². The van der Waals surface area contributed by atoms with Gasteiger partial charge in [0.25, 0.3) is 0 Å². The Balaban J connectivity index is 2.46. The fourth-order valence-electron chi connectivity index (χ4n) is 2.21. The van der Waals surface area contributed by atoms with Gasteiger partial charge in [-0.1, -0.05) is 6.07 Å². The minimum Gasteiger partial charge on any atom is -0.380 e. The van der Waals surface area contributed by atoms with E-state index < -0.39 is 0 Å². The molecule has 1 unspecified atom stereocenters. The van der Waals surface area contributed by atoms with Crippen LogP contribution in [0.15, 0.2) is 18.2 Å². The molecular formula is C14H19ClN2O. The molecule has 2 rings (SSSR count). The van der Waals surface area contributed by atoms with E-state index in [9.17, 15) is 0 Å². The lowest BCUT2D eigenvalue weighted by atomic mass is 10.2. The fraction of sp³-hybridized carbons (Fsp3) is 0.500. The van der Waals surface area contributed by atoms with Gasteiger partial charge in [-0.2, -0.15) is 0 Å². The highest BCUT2D eigenvalue weighted by Crippen LogP contribution is 2.23. The highest BCUT2D eigenvalue weighted by molar-refractivity contribution is 6.16. The van der Waals surface area contributed by atoms with Crippen LogP contribution in [0.3, 0.4) is 0 Å². The predicted molar refractivity (Wildman–Crippen MR) is 75.2 cm³/mol. The van der Waals surface area contributed by atoms with Crippen molar-refractivity contribution < 1.29 is 4.74 Å². The monoisotopic (exact) mass is 266 g/mol. The van der Waals surface area contributed by atoms with Gasteiger partial charge in [-0.3, -0.25) is 0 Å². The van der Waals surface area contributed by atoms with Crippen LogP contribution in [0.25, 0.3) is 11.0 Å².